The molecule has 1 aliphatic rings. The highest BCUT2D eigenvalue weighted by atomic mass is 79.9. The van der Waals surface area contributed by atoms with Crippen molar-refractivity contribution in [1.82, 2.24) is 5.01 Å². The predicted molar refractivity (Wildman–Crippen MR) is 88.2 cm³/mol. The number of hydrogen-bond acceptors (Lipinski definition) is 3. The summed E-state index contributed by atoms with van der Waals surface area (Å²) in [5.74, 6) is 0.289. The molecule has 3 rings (SSSR count). The molecular formula is C17H15BrN2O2. The molecule has 2 aromatic carbocycles. The molecule has 112 valence electrons. The third kappa shape index (κ3) is 2.90. The van der Waals surface area contributed by atoms with Gasteiger partial charge in [-0.25, -0.2) is 0 Å². The fourth-order valence-electron chi connectivity index (χ4n) is 2.25. The number of carbonyl (C=O) groups excluding carboxylic acids is 1. The molecule has 0 fully saturated rings. The lowest BCUT2D eigenvalue weighted by atomic mass is 10.1. The van der Waals surface area contributed by atoms with Crippen molar-refractivity contribution < 1.29 is 9.53 Å². The van der Waals surface area contributed by atoms with Crippen molar-refractivity contribution in [1.29, 1.82) is 0 Å². The lowest BCUT2D eigenvalue weighted by molar-refractivity contribution is -0.135. The van der Waals surface area contributed by atoms with Crippen LogP contribution in [0.1, 0.15) is 29.8 Å². The first-order valence-electron chi connectivity index (χ1n) is 6.92. The van der Waals surface area contributed by atoms with Gasteiger partial charge in [0.25, 0.3) is 0 Å². The second kappa shape index (κ2) is 5.93. The number of rotatable bonds is 2. The highest BCUT2D eigenvalue weighted by Crippen LogP contribution is 2.30. The molecule has 0 aliphatic carbocycles. The normalized spacial score (nSPS) is 17.1. The molecule has 0 N–H and O–H groups in total. The molecule has 2 aromatic rings. The van der Waals surface area contributed by atoms with Gasteiger partial charge in [-0.3, -0.25) is 4.79 Å². The van der Waals surface area contributed by atoms with E-state index in [4.69, 9.17) is 4.74 Å². The van der Waals surface area contributed by atoms with Crippen LogP contribution in [-0.4, -0.2) is 16.8 Å². The summed E-state index contributed by atoms with van der Waals surface area (Å²) in [6.45, 7) is 3.50. The third-order valence-corrected chi connectivity index (χ3v) is 3.89. The Bertz CT molecular complexity index is 741. The highest BCUT2D eigenvalue weighted by molar-refractivity contribution is 9.10. The zero-order valence-electron chi connectivity index (χ0n) is 12.3. The van der Waals surface area contributed by atoms with Crippen molar-refractivity contribution >= 4 is 27.7 Å². The lowest BCUT2D eigenvalue weighted by Crippen LogP contribution is -2.25. The Hall–Kier alpha value is -2.14. The van der Waals surface area contributed by atoms with Gasteiger partial charge in [0.2, 0.25) is 18.0 Å². The Morgan fingerprint density at radius 1 is 1.23 bits per heavy atom. The molecule has 0 unspecified atom stereocenters. The van der Waals surface area contributed by atoms with Gasteiger partial charge in [0, 0.05) is 22.5 Å². The summed E-state index contributed by atoms with van der Waals surface area (Å²) in [5, 5.41) is 5.71. The van der Waals surface area contributed by atoms with Gasteiger partial charge in [-0.1, -0.05) is 51.8 Å². The van der Waals surface area contributed by atoms with Gasteiger partial charge in [0.1, 0.15) is 0 Å². The number of carbonyl (C=O) groups is 1. The molecule has 5 heteroatoms. The van der Waals surface area contributed by atoms with E-state index < -0.39 is 6.23 Å². The minimum atomic E-state index is -0.521. The fraction of sp³-hybridized carbons (Fsp3) is 0.176. The van der Waals surface area contributed by atoms with Crippen molar-refractivity contribution in [2.24, 2.45) is 5.10 Å². The van der Waals surface area contributed by atoms with Gasteiger partial charge in [-0.15, -0.1) is 5.10 Å². The van der Waals surface area contributed by atoms with Crippen LogP contribution in [0.2, 0.25) is 0 Å². The molecule has 4 nitrogen and oxygen atoms in total. The molecular weight excluding hydrogens is 344 g/mol. The molecule has 1 atom stereocenters. The second-order valence-corrected chi connectivity index (χ2v) is 6.08. The maximum absolute atomic E-state index is 11.9. The average molecular weight is 359 g/mol. The Labute approximate surface area is 137 Å². The molecule has 0 bridgehead atoms. The predicted octanol–water partition coefficient (Wildman–Crippen LogP) is 4.00. The van der Waals surface area contributed by atoms with Gasteiger partial charge in [-0.2, -0.15) is 5.01 Å². The second-order valence-electron chi connectivity index (χ2n) is 5.16. The van der Waals surface area contributed by atoms with Crippen LogP contribution in [0.15, 0.2) is 58.1 Å². The Kier molecular flexibility index (Phi) is 3.98. The molecule has 1 aliphatic heterocycles. The van der Waals surface area contributed by atoms with Crippen LogP contribution in [0.25, 0.3) is 0 Å². The van der Waals surface area contributed by atoms with Gasteiger partial charge in [0.15, 0.2) is 0 Å². The minimum Gasteiger partial charge on any atom is -0.446 e. The van der Waals surface area contributed by atoms with E-state index in [-0.39, 0.29) is 5.91 Å². The van der Waals surface area contributed by atoms with Gasteiger partial charge < -0.3 is 4.74 Å². The van der Waals surface area contributed by atoms with E-state index in [1.807, 2.05) is 55.5 Å². The zero-order chi connectivity index (χ0) is 15.7. The molecule has 1 amide bonds. The van der Waals surface area contributed by atoms with Crippen molar-refractivity contribution in [2.45, 2.75) is 20.1 Å². The summed E-state index contributed by atoms with van der Waals surface area (Å²) in [4.78, 5) is 11.9. The van der Waals surface area contributed by atoms with Gasteiger partial charge in [0.05, 0.1) is 0 Å². The molecule has 1 heterocycles. The van der Waals surface area contributed by atoms with E-state index in [1.165, 1.54) is 11.9 Å². The van der Waals surface area contributed by atoms with E-state index in [2.05, 4.69) is 21.0 Å². The SMILES string of the molecule is CC(=O)N1N=C(c2cccc(Br)c2)O[C@@H]1c1ccc(C)cc1. The first kappa shape index (κ1) is 14.8. The Morgan fingerprint density at radius 3 is 2.59 bits per heavy atom. The Morgan fingerprint density at radius 2 is 1.95 bits per heavy atom. The van der Waals surface area contributed by atoms with Crippen molar-refractivity contribution in [3.8, 4) is 0 Å². The molecule has 0 saturated carbocycles. The van der Waals surface area contributed by atoms with Crippen LogP contribution in [0.4, 0.5) is 0 Å². The quantitative estimate of drug-likeness (QED) is 0.814. The standard InChI is InChI=1S/C17H15BrN2O2/c1-11-6-8-13(9-7-11)17-20(12(2)21)19-16(22-17)14-4-3-5-15(18)10-14/h3-10,17H,1-2H3/t17-/m1/s1. The number of ether oxygens (including phenoxy) is 1. The number of amides is 1. The zero-order valence-corrected chi connectivity index (χ0v) is 13.9. The van der Waals surface area contributed by atoms with E-state index in [1.54, 1.807) is 0 Å². The minimum absolute atomic E-state index is 0.157. The summed E-state index contributed by atoms with van der Waals surface area (Å²) in [6.07, 6.45) is -0.521. The number of hydrazone groups is 1. The maximum Gasteiger partial charge on any atom is 0.243 e. The summed E-state index contributed by atoms with van der Waals surface area (Å²) < 4.78 is 6.87. The van der Waals surface area contributed by atoms with Crippen molar-refractivity contribution in [2.75, 3.05) is 0 Å². The average Bonchev–Trinajstić information content (AvgIpc) is 2.93. The van der Waals surface area contributed by atoms with Crippen LogP contribution in [-0.2, 0) is 9.53 Å². The first-order valence-corrected chi connectivity index (χ1v) is 7.71. The number of hydrogen-bond donors (Lipinski definition) is 0. The van der Waals surface area contributed by atoms with Crippen LogP contribution < -0.4 is 0 Å². The third-order valence-electron chi connectivity index (χ3n) is 3.40. The lowest BCUT2D eigenvalue weighted by Gasteiger charge is -2.19. The number of halogens is 1. The van der Waals surface area contributed by atoms with Crippen LogP contribution >= 0.6 is 15.9 Å². The van der Waals surface area contributed by atoms with E-state index in [9.17, 15) is 4.79 Å². The monoisotopic (exact) mass is 358 g/mol. The first-order chi connectivity index (χ1) is 10.5. The van der Waals surface area contributed by atoms with E-state index in [0.717, 1.165) is 21.2 Å². The summed E-state index contributed by atoms with van der Waals surface area (Å²) in [5.41, 5.74) is 2.88. The van der Waals surface area contributed by atoms with Crippen LogP contribution in [0.3, 0.4) is 0 Å². The molecule has 0 spiro atoms. The highest BCUT2D eigenvalue weighted by Gasteiger charge is 2.32. The Balaban J connectivity index is 1.94. The summed E-state index contributed by atoms with van der Waals surface area (Å²) >= 11 is 3.43. The summed E-state index contributed by atoms with van der Waals surface area (Å²) in [6, 6.07) is 15.5. The number of aryl methyl sites for hydroxylation is 1. The van der Waals surface area contributed by atoms with E-state index >= 15 is 0 Å². The molecule has 0 radical (unpaired) electrons. The molecule has 0 saturated heterocycles. The number of nitrogens with zero attached hydrogens (tertiary/aromatic N) is 2. The largest absolute Gasteiger partial charge is 0.446 e. The smallest absolute Gasteiger partial charge is 0.243 e. The van der Waals surface area contributed by atoms with Crippen LogP contribution in [0.5, 0.6) is 0 Å². The van der Waals surface area contributed by atoms with Gasteiger partial charge >= 0.3 is 0 Å². The fourth-order valence-corrected chi connectivity index (χ4v) is 2.65. The summed E-state index contributed by atoms with van der Waals surface area (Å²) in [7, 11) is 0. The number of benzene rings is 2. The van der Waals surface area contributed by atoms with E-state index in [0.29, 0.717) is 5.90 Å². The molecule has 0 aromatic heterocycles. The maximum atomic E-state index is 11.9. The topological polar surface area (TPSA) is 41.9 Å². The molecule has 22 heavy (non-hydrogen) atoms. The van der Waals surface area contributed by atoms with Gasteiger partial charge in [-0.05, 0) is 25.1 Å². The van der Waals surface area contributed by atoms with Crippen molar-refractivity contribution in [3.05, 3.63) is 69.7 Å². The van der Waals surface area contributed by atoms with Crippen molar-refractivity contribution in [3.63, 3.8) is 0 Å². The van der Waals surface area contributed by atoms with Crippen LogP contribution in [0, 0.1) is 6.92 Å².